The summed E-state index contributed by atoms with van der Waals surface area (Å²) < 4.78 is 33.1. The second kappa shape index (κ2) is 12.3. The lowest BCUT2D eigenvalue weighted by Gasteiger charge is -2.34. The maximum atomic E-state index is 14.3. The first-order valence-corrected chi connectivity index (χ1v) is 17.3. The van der Waals surface area contributed by atoms with Crippen LogP contribution in [0.5, 0.6) is 0 Å². The summed E-state index contributed by atoms with van der Waals surface area (Å²) in [6.07, 6.45) is 6.21. The van der Waals surface area contributed by atoms with Crippen molar-refractivity contribution >= 4 is 39.3 Å². The van der Waals surface area contributed by atoms with Crippen molar-refractivity contribution < 1.29 is 32.3 Å². The molecule has 1 aromatic carbocycles. The molecule has 5 rings (SSSR count). The summed E-state index contributed by atoms with van der Waals surface area (Å²) in [6, 6.07) is 8.58. The number of para-hydroxylation sites is 1. The number of allylic oxidation sites excluding steroid dienone is 1. The number of ketones is 1. The molecule has 240 valence electrons. The molecule has 1 aliphatic heterocycles. The predicted octanol–water partition coefficient (Wildman–Crippen LogP) is 3.96. The van der Waals surface area contributed by atoms with Crippen LogP contribution in [-0.4, -0.2) is 67.5 Å². The van der Waals surface area contributed by atoms with Gasteiger partial charge in [-0.2, -0.15) is 0 Å². The van der Waals surface area contributed by atoms with E-state index in [1.165, 1.54) is 4.90 Å². The molecular formula is C33H45N3O7S. The normalized spacial score (nSPS) is 26.2. The molecule has 1 heterocycles. The molecule has 0 spiro atoms. The van der Waals surface area contributed by atoms with Crippen LogP contribution in [0.1, 0.15) is 78.6 Å². The Morgan fingerprint density at radius 2 is 1.75 bits per heavy atom. The lowest BCUT2D eigenvalue weighted by atomic mass is 9.77. The standard InChI is InChI=1S/C33H45N3O7S/c1-5-22-18-33(22,31(40)34-44(41,42)25-15-16-25)19-28(37)27-20-35(23-11-7-6-8-12-23)21-36(27)30(39)26(32(2,3)4)17-29(38)43-24-13-9-10-14-24/h5-8,11-12,22,24-27H,1,9-10,13-21H2,2-4H3,(H,34,40)/t22-,26-,27+,33-/m1/s1. The molecule has 3 saturated carbocycles. The molecule has 0 unspecified atom stereocenters. The van der Waals surface area contributed by atoms with Gasteiger partial charge >= 0.3 is 5.97 Å². The highest BCUT2D eigenvalue weighted by Gasteiger charge is 2.61. The third kappa shape index (κ3) is 6.87. The van der Waals surface area contributed by atoms with Gasteiger partial charge in [-0.25, -0.2) is 8.42 Å². The topological polar surface area (TPSA) is 130 Å². The number of carbonyl (C=O) groups excluding carboxylic acids is 4. The summed E-state index contributed by atoms with van der Waals surface area (Å²) in [4.78, 5) is 58.3. The van der Waals surface area contributed by atoms with Crippen LogP contribution >= 0.6 is 0 Å². The Morgan fingerprint density at radius 1 is 1.09 bits per heavy atom. The molecule has 44 heavy (non-hydrogen) atoms. The second-order valence-corrected chi connectivity index (χ2v) is 16.0. The van der Waals surface area contributed by atoms with Crippen LogP contribution in [0.25, 0.3) is 0 Å². The number of esters is 1. The van der Waals surface area contributed by atoms with Gasteiger partial charge in [-0.3, -0.25) is 23.9 Å². The zero-order valence-electron chi connectivity index (χ0n) is 26.0. The molecule has 1 saturated heterocycles. The number of anilines is 1. The average Bonchev–Trinajstić information content (AvgIpc) is 3.84. The Labute approximate surface area is 260 Å². The van der Waals surface area contributed by atoms with Crippen molar-refractivity contribution in [1.82, 2.24) is 9.62 Å². The van der Waals surface area contributed by atoms with E-state index in [0.29, 0.717) is 19.3 Å². The number of Topliss-reactive ketones (excluding diaryl/α,β-unsaturated/α-hetero) is 1. The van der Waals surface area contributed by atoms with Gasteiger partial charge in [0.25, 0.3) is 0 Å². The SMILES string of the molecule is C=C[C@@H]1C[C@]1(CC(=O)[C@@H]1CN(c2ccccc2)CN1C(=O)[C@@H](CC(=O)OC1CCCC1)C(C)(C)C)C(=O)NS(=O)(=O)C1CC1. The van der Waals surface area contributed by atoms with E-state index in [4.69, 9.17) is 4.74 Å². The van der Waals surface area contributed by atoms with Gasteiger partial charge < -0.3 is 14.5 Å². The number of hydrogen-bond donors (Lipinski definition) is 1. The van der Waals surface area contributed by atoms with Gasteiger partial charge in [0.2, 0.25) is 21.8 Å². The van der Waals surface area contributed by atoms with E-state index >= 15 is 0 Å². The highest BCUT2D eigenvalue weighted by Crippen LogP contribution is 2.57. The first-order chi connectivity index (χ1) is 20.7. The average molecular weight is 628 g/mol. The van der Waals surface area contributed by atoms with Gasteiger partial charge in [0, 0.05) is 18.7 Å². The van der Waals surface area contributed by atoms with Crippen LogP contribution < -0.4 is 9.62 Å². The molecule has 3 aliphatic carbocycles. The molecule has 0 radical (unpaired) electrons. The summed E-state index contributed by atoms with van der Waals surface area (Å²) in [5.74, 6) is -2.80. The van der Waals surface area contributed by atoms with E-state index in [1.54, 1.807) is 6.08 Å². The van der Waals surface area contributed by atoms with E-state index in [1.807, 2.05) is 56.0 Å². The van der Waals surface area contributed by atoms with Gasteiger partial charge in [-0.1, -0.05) is 45.0 Å². The van der Waals surface area contributed by atoms with Crippen molar-refractivity contribution in [3.05, 3.63) is 43.0 Å². The quantitative estimate of drug-likeness (QED) is 0.272. The zero-order valence-corrected chi connectivity index (χ0v) is 26.8. The maximum Gasteiger partial charge on any atom is 0.306 e. The molecule has 10 nitrogen and oxygen atoms in total. The van der Waals surface area contributed by atoms with Crippen LogP contribution in [0.15, 0.2) is 43.0 Å². The Hall–Kier alpha value is -3.21. The maximum absolute atomic E-state index is 14.3. The van der Waals surface area contributed by atoms with Crippen LogP contribution in [-0.2, 0) is 33.9 Å². The summed E-state index contributed by atoms with van der Waals surface area (Å²) in [7, 11) is -3.79. The fourth-order valence-corrected chi connectivity index (χ4v) is 8.04. The van der Waals surface area contributed by atoms with Crippen LogP contribution in [0.4, 0.5) is 5.69 Å². The number of benzene rings is 1. The number of nitrogens with one attached hydrogen (secondary N) is 1. The Bertz CT molecular complexity index is 1400. The fourth-order valence-electron chi connectivity index (χ4n) is 6.65. The number of rotatable bonds is 12. The van der Waals surface area contributed by atoms with Crippen LogP contribution in [0.2, 0.25) is 0 Å². The van der Waals surface area contributed by atoms with Gasteiger partial charge in [-0.05, 0) is 68.4 Å². The number of carbonyl (C=O) groups is 4. The minimum absolute atomic E-state index is 0.0918. The second-order valence-electron chi connectivity index (χ2n) is 14.1. The highest BCUT2D eigenvalue weighted by atomic mass is 32.2. The molecule has 4 atom stereocenters. The molecule has 4 aliphatic rings. The van der Waals surface area contributed by atoms with Gasteiger partial charge in [0.15, 0.2) is 5.78 Å². The monoisotopic (exact) mass is 627 g/mol. The summed E-state index contributed by atoms with van der Waals surface area (Å²) in [5.41, 5.74) is -0.973. The van der Waals surface area contributed by atoms with E-state index in [2.05, 4.69) is 11.3 Å². The van der Waals surface area contributed by atoms with Crippen molar-refractivity contribution in [3.8, 4) is 0 Å². The smallest absolute Gasteiger partial charge is 0.306 e. The summed E-state index contributed by atoms with van der Waals surface area (Å²) >= 11 is 0. The molecule has 0 bridgehead atoms. The zero-order chi connectivity index (χ0) is 31.9. The minimum Gasteiger partial charge on any atom is -0.462 e. The van der Waals surface area contributed by atoms with Crippen molar-refractivity contribution in [1.29, 1.82) is 0 Å². The lowest BCUT2D eigenvalue weighted by Crippen LogP contribution is -2.49. The molecule has 2 amide bonds. The number of amides is 2. The third-order valence-electron chi connectivity index (χ3n) is 9.74. The van der Waals surface area contributed by atoms with Crippen LogP contribution in [0.3, 0.4) is 0 Å². The van der Waals surface area contributed by atoms with E-state index < -0.39 is 49.9 Å². The first kappa shape index (κ1) is 32.2. The van der Waals surface area contributed by atoms with Crippen LogP contribution in [0, 0.1) is 22.7 Å². The highest BCUT2D eigenvalue weighted by molar-refractivity contribution is 7.90. The lowest BCUT2D eigenvalue weighted by molar-refractivity contribution is -0.156. The molecule has 1 aromatic rings. The van der Waals surface area contributed by atoms with Crippen molar-refractivity contribution in [2.75, 3.05) is 18.1 Å². The van der Waals surface area contributed by atoms with Gasteiger partial charge in [-0.15, -0.1) is 6.58 Å². The Balaban J connectivity index is 1.38. The number of hydrogen-bond acceptors (Lipinski definition) is 8. The van der Waals surface area contributed by atoms with Crippen molar-refractivity contribution in [3.63, 3.8) is 0 Å². The Kier molecular flexibility index (Phi) is 8.99. The summed E-state index contributed by atoms with van der Waals surface area (Å²) in [6.45, 7) is 9.87. The summed E-state index contributed by atoms with van der Waals surface area (Å²) in [5, 5.41) is -0.572. The van der Waals surface area contributed by atoms with E-state index in [-0.39, 0.29) is 49.8 Å². The van der Waals surface area contributed by atoms with Gasteiger partial charge in [0.05, 0.1) is 29.7 Å². The van der Waals surface area contributed by atoms with Crippen molar-refractivity contribution in [2.24, 2.45) is 22.7 Å². The number of ether oxygens (including phenoxy) is 1. The predicted molar refractivity (Wildman–Crippen MR) is 166 cm³/mol. The van der Waals surface area contributed by atoms with Crippen molar-refractivity contribution in [2.45, 2.75) is 96.0 Å². The van der Waals surface area contributed by atoms with E-state index in [0.717, 1.165) is 31.4 Å². The Morgan fingerprint density at radius 3 is 2.32 bits per heavy atom. The third-order valence-corrected chi connectivity index (χ3v) is 11.6. The fraction of sp³-hybridized carbons (Fsp3) is 0.636. The minimum atomic E-state index is -3.79. The first-order valence-electron chi connectivity index (χ1n) is 15.8. The van der Waals surface area contributed by atoms with Gasteiger partial charge in [0.1, 0.15) is 12.1 Å². The number of sulfonamides is 1. The van der Waals surface area contributed by atoms with E-state index in [9.17, 15) is 27.6 Å². The largest absolute Gasteiger partial charge is 0.462 e. The molecular weight excluding hydrogens is 582 g/mol. The number of nitrogens with zero attached hydrogens (tertiary/aromatic N) is 2. The molecule has 0 aromatic heterocycles. The molecule has 1 N–H and O–H groups in total. The molecule has 4 fully saturated rings. The molecule has 11 heteroatoms.